The Bertz CT molecular complexity index is 2070. The van der Waals surface area contributed by atoms with Crippen LogP contribution in [0.15, 0.2) is 89.3 Å². The quantitative estimate of drug-likeness (QED) is 0.0577. The van der Waals surface area contributed by atoms with Crippen LogP contribution < -0.4 is 25.9 Å². The van der Waals surface area contributed by atoms with Gasteiger partial charge in [0.25, 0.3) is 5.91 Å². The summed E-state index contributed by atoms with van der Waals surface area (Å²) in [6, 6.07) is 28.5. The molecule has 10 nitrogen and oxygen atoms in total. The van der Waals surface area contributed by atoms with Gasteiger partial charge in [-0.25, -0.2) is 9.37 Å². The summed E-state index contributed by atoms with van der Waals surface area (Å²) in [5, 5.41) is 4.92. The van der Waals surface area contributed by atoms with Crippen molar-refractivity contribution in [2.75, 3.05) is 82.7 Å². The number of carbonyl (C=O) groups is 2. The molecule has 1 aliphatic carbocycles. The second kappa shape index (κ2) is 18.1. The van der Waals surface area contributed by atoms with E-state index < -0.39 is 6.09 Å². The maximum atomic E-state index is 14.3. The molecule has 0 spiro atoms. The Labute approximate surface area is 319 Å². The van der Waals surface area contributed by atoms with E-state index >= 15 is 0 Å². The predicted molar refractivity (Wildman–Crippen MR) is 219 cm³/mol. The number of hydrogen-bond donors (Lipinski definition) is 2. The summed E-state index contributed by atoms with van der Waals surface area (Å²) >= 11 is 0. The maximum absolute atomic E-state index is 14.3. The van der Waals surface area contributed by atoms with E-state index in [0.717, 1.165) is 108 Å². The highest BCUT2D eigenvalue weighted by Gasteiger charge is 2.27. The van der Waals surface area contributed by atoms with Gasteiger partial charge in [0.2, 0.25) is 5.36 Å². The Balaban J connectivity index is 1.15. The van der Waals surface area contributed by atoms with Crippen molar-refractivity contribution < 1.29 is 18.7 Å². The van der Waals surface area contributed by atoms with Gasteiger partial charge in [0, 0.05) is 97.9 Å². The molecule has 3 aromatic rings. The highest BCUT2D eigenvalue weighted by molar-refractivity contribution is 6.09. The van der Waals surface area contributed by atoms with Crippen LogP contribution in [0.3, 0.4) is 0 Å². The summed E-state index contributed by atoms with van der Waals surface area (Å²) < 4.78 is 14.4. The molecule has 3 aromatic carbocycles. The molecule has 3 N–H and O–H groups in total. The van der Waals surface area contributed by atoms with Crippen molar-refractivity contribution in [3.63, 3.8) is 0 Å². The second-order valence-electron chi connectivity index (χ2n) is 13.8. The minimum atomic E-state index is -0.402. The Morgan fingerprint density at radius 1 is 0.870 bits per heavy atom. The smallest absolute Gasteiger partial charge is 0.407 e. The molecule has 10 heteroatoms. The molecule has 284 valence electrons. The topological polar surface area (TPSA) is 107 Å². The van der Waals surface area contributed by atoms with Gasteiger partial charge in [0.05, 0.1) is 12.7 Å². The van der Waals surface area contributed by atoms with Crippen molar-refractivity contribution in [3.05, 3.63) is 101 Å². The SMILES string of the molecule is CCN(CC)c1ccc2c(-c3ccccc3C(=O)N3CCN(CCCOC(=O)NCCc4ccc(N)cc4)CC3)c3ccc(=[N+](CC)CC)cc-3oc2c1. The van der Waals surface area contributed by atoms with Gasteiger partial charge < -0.3 is 30.0 Å². The van der Waals surface area contributed by atoms with Crippen molar-refractivity contribution in [1.82, 2.24) is 19.7 Å². The van der Waals surface area contributed by atoms with E-state index in [-0.39, 0.29) is 5.91 Å². The molecule has 0 atom stereocenters. The lowest BCUT2D eigenvalue weighted by Gasteiger charge is -2.35. The number of alkyl carbamates (subject to hydrolysis) is 1. The third-order valence-electron chi connectivity index (χ3n) is 10.5. The standard InChI is InChI=1S/C44H54N6O4/c1-5-48(6-2)34-18-20-38-40(30-34)54-41-31-35(49(7-3)8-4)19-21-39(41)42(38)36-12-9-10-13-37(36)43(51)50-27-25-47(26-28-50)24-11-29-53-44(52)46-23-22-32-14-16-33(45)17-15-32/h9-10,12-21,30-31H,5-8,11,22-29,45H2,1-4H3/p+1. The average molecular weight is 732 g/mol. The molecule has 0 aromatic heterocycles. The fourth-order valence-corrected chi connectivity index (χ4v) is 7.46. The van der Waals surface area contributed by atoms with Crippen LogP contribution in [-0.2, 0) is 11.2 Å². The first-order chi connectivity index (χ1) is 26.3. The summed E-state index contributed by atoms with van der Waals surface area (Å²) in [7, 11) is 0. The van der Waals surface area contributed by atoms with E-state index in [9.17, 15) is 9.59 Å². The van der Waals surface area contributed by atoms with Gasteiger partial charge in [0.15, 0.2) is 0 Å². The first kappa shape index (κ1) is 38.4. The van der Waals surface area contributed by atoms with Crippen molar-refractivity contribution in [3.8, 4) is 22.5 Å². The Morgan fingerprint density at radius 3 is 2.33 bits per heavy atom. The number of amides is 2. The molecule has 2 aliphatic heterocycles. The molecule has 0 bridgehead atoms. The molecule has 54 heavy (non-hydrogen) atoms. The van der Waals surface area contributed by atoms with Crippen LogP contribution in [0.5, 0.6) is 0 Å². The number of anilines is 2. The molecule has 1 saturated heterocycles. The second-order valence-corrected chi connectivity index (χ2v) is 13.8. The van der Waals surface area contributed by atoms with E-state index in [1.165, 1.54) is 0 Å². The summed E-state index contributed by atoms with van der Waals surface area (Å²) in [6.07, 6.45) is 1.04. The lowest BCUT2D eigenvalue weighted by atomic mass is 9.90. The van der Waals surface area contributed by atoms with Crippen LogP contribution in [0, 0.1) is 0 Å². The number of ether oxygens (including phenoxy) is 1. The number of rotatable bonds is 14. The summed E-state index contributed by atoms with van der Waals surface area (Å²) in [6.45, 7) is 16.7. The Hall–Kier alpha value is -5.35. The maximum Gasteiger partial charge on any atom is 0.407 e. The number of nitrogens with one attached hydrogen (secondary N) is 1. The van der Waals surface area contributed by atoms with E-state index in [1.54, 1.807) is 0 Å². The number of benzene rings is 4. The predicted octanol–water partition coefficient (Wildman–Crippen LogP) is 6.56. The average Bonchev–Trinajstić information content (AvgIpc) is 3.20. The van der Waals surface area contributed by atoms with Crippen molar-refractivity contribution in [2.45, 2.75) is 40.5 Å². The molecule has 0 unspecified atom stereocenters. The molecule has 6 rings (SSSR count). The van der Waals surface area contributed by atoms with Gasteiger partial charge in [-0.1, -0.05) is 30.3 Å². The monoisotopic (exact) mass is 731 g/mol. The van der Waals surface area contributed by atoms with Crippen molar-refractivity contribution in [2.24, 2.45) is 0 Å². The first-order valence-electron chi connectivity index (χ1n) is 19.5. The number of hydrogen-bond acceptors (Lipinski definition) is 7. The third kappa shape index (κ3) is 8.88. The molecule has 1 fully saturated rings. The molecule has 0 radical (unpaired) electrons. The van der Waals surface area contributed by atoms with Crippen LogP contribution in [-0.4, -0.2) is 93.9 Å². The third-order valence-corrected chi connectivity index (χ3v) is 10.5. The van der Waals surface area contributed by atoms with E-state index in [1.807, 2.05) is 47.4 Å². The molecule has 2 heterocycles. The van der Waals surface area contributed by atoms with Crippen LogP contribution in [0.2, 0.25) is 0 Å². The van der Waals surface area contributed by atoms with E-state index in [2.05, 4.69) is 89.9 Å². The number of nitrogens with zero attached hydrogens (tertiary/aromatic N) is 4. The van der Waals surface area contributed by atoms with E-state index in [4.69, 9.17) is 14.9 Å². The van der Waals surface area contributed by atoms with E-state index in [0.29, 0.717) is 38.2 Å². The number of piperazine rings is 1. The Morgan fingerprint density at radius 2 is 1.61 bits per heavy atom. The van der Waals surface area contributed by atoms with Crippen molar-refractivity contribution >= 4 is 34.3 Å². The normalized spacial score (nSPS) is 13.3. The van der Waals surface area contributed by atoms with Gasteiger partial charge in [0.1, 0.15) is 24.4 Å². The molecule has 2 amide bonds. The fourth-order valence-electron chi connectivity index (χ4n) is 7.46. The number of fused-ring (bicyclic) bond motifs is 2. The zero-order valence-electron chi connectivity index (χ0n) is 32.3. The highest BCUT2D eigenvalue weighted by Crippen LogP contribution is 2.42. The fraction of sp³-hybridized carbons (Fsp3) is 0.386. The zero-order valence-corrected chi connectivity index (χ0v) is 32.3. The van der Waals surface area contributed by atoms with Gasteiger partial charge in [-0.2, -0.15) is 0 Å². The molecular formula is C44H55N6O4+. The summed E-state index contributed by atoms with van der Waals surface area (Å²) in [4.78, 5) is 33.1. The van der Waals surface area contributed by atoms with Crippen LogP contribution in [0.25, 0.3) is 33.4 Å². The highest BCUT2D eigenvalue weighted by atomic mass is 16.5. The minimum absolute atomic E-state index is 0.0332. The van der Waals surface area contributed by atoms with Gasteiger partial charge in [-0.3, -0.25) is 9.69 Å². The van der Waals surface area contributed by atoms with Crippen LogP contribution >= 0.6 is 0 Å². The number of nitrogen functional groups attached to an aromatic ring is 1. The van der Waals surface area contributed by atoms with Crippen molar-refractivity contribution in [1.29, 1.82) is 0 Å². The molecule has 3 aliphatic rings. The van der Waals surface area contributed by atoms with Gasteiger partial charge in [-0.15, -0.1) is 0 Å². The van der Waals surface area contributed by atoms with Crippen LogP contribution in [0.4, 0.5) is 16.2 Å². The molecule has 0 saturated carbocycles. The number of carbonyl (C=O) groups excluding carboxylic acids is 2. The number of nitrogens with two attached hydrogens (primary N) is 1. The van der Waals surface area contributed by atoms with Gasteiger partial charge >= 0.3 is 6.09 Å². The zero-order chi connectivity index (χ0) is 38.0. The lowest BCUT2D eigenvalue weighted by Crippen LogP contribution is -2.49. The summed E-state index contributed by atoms with van der Waals surface area (Å²) in [5.41, 5.74) is 13.1. The largest absolute Gasteiger partial charge is 0.456 e. The summed E-state index contributed by atoms with van der Waals surface area (Å²) in [5.74, 6) is 0.833. The molecular weight excluding hydrogens is 677 g/mol. The minimum Gasteiger partial charge on any atom is -0.456 e. The first-order valence-corrected chi connectivity index (χ1v) is 19.5. The Kier molecular flexibility index (Phi) is 12.9. The van der Waals surface area contributed by atoms with Gasteiger partial charge in [-0.05, 0) is 88.1 Å². The van der Waals surface area contributed by atoms with Crippen LogP contribution in [0.1, 0.15) is 50.0 Å². The lowest BCUT2D eigenvalue weighted by molar-refractivity contribution is 0.0625.